The molecule has 0 aliphatic heterocycles. The molecule has 0 bridgehead atoms. The summed E-state index contributed by atoms with van der Waals surface area (Å²) in [5.74, 6) is 0. The standard InChI is InChI=1S/C9H17N.C2H6/c1-5-8-9(6-2)10(4)7-3;1-2/h5,8H,1,6-7H2,2-4H3;1-2H3/b9-8+;. The fourth-order valence-electron chi connectivity index (χ4n) is 0.854. The Morgan fingerprint density at radius 1 is 1.33 bits per heavy atom. The largest absolute Gasteiger partial charge is 0.378 e. The summed E-state index contributed by atoms with van der Waals surface area (Å²) in [6.07, 6.45) is 4.98. The highest BCUT2D eigenvalue weighted by molar-refractivity contribution is 5.08. The highest BCUT2D eigenvalue weighted by Crippen LogP contribution is 2.04. The highest BCUT2D eigenvalue weighted by Gasteiger charge is 1.95. The minimum absolute atomic E-state index is 1.06. The van der Waals surface area contributed by atoms with E-state index in [-0.39, 0.29) is 0 Å². The fourth-order valence-corrected chi connectivity index (χ4v) is 0.854. The van der Waals surface area contributed by atoms with Crippen molar-refractivity contribution >= 4 is 0 Å². The van der Waals surface area contributed by atoms with Crippen molar-refractivity contribution in [2.75, 3.05) is 13.6 Å². The van der Waals surface area contributed by atoms with Crippen LogP contribution in [0.25, 0.3) is 0 Å². The lowest BCUT2D eigenvalue weighted by Crippen LogP contribution is -2.15. The number of hydrogen-bond acceptors (Lipinski definition) is 1. The van der Waals surface area contributed by atoms with Crippen LogP contribution in [-0.2, 0) is 0 Å². The van der Waals surface area contributed by atoms with Gasteiger partial charge in [0.15, 0.2) is 0 Å². The van der Waals surface area contributed by atoms with Crippen LogP contribution in [0.5, 0.6) is 0 Å². The summed E-state index contributed by atoms with van der Waals surface area (Å²) in [7, 11) is 2.10. The Bertz CT molecular complexity index is 125. The first kappa shape index (κ1) is 13.8. The van der Waals surface area contributed by atoms with Crippen LogP contribution in [0.1, 0.15) is 34.1 Å². The zero-order valence-corrected chi connectivity index (χ0v) is 9.22. The van der Waals surface area contributed by atoms with E-state index in [0.717, 1.165) is 13.0 Å². The molecule has 0 radical (unpaired) electrons. The molecule has 0 aromatic carbocycles. The van der Waals surface area contributed by atoms with Gasteiger partial charge in [-0.05, 0) is 19.4 Å². The Balaban J connectivity index is 0. The molecular formula is C11H23N. The molecule has 0 fully saturated rings. The van der Waals surface area contributed by atoms with E-state index in [9.17, 15) is 0 Å². The van der Waals surface area contributed by atoms with E-state index in [1.165, 1.54) is 5.70 Å². The molecule has 1 nitrogen and oxygen atoms in total. The van der Waals surface area contributed by atoms with Gasteiger partial charge in [0.25, 0.3) is 0 Å². The van der Waals surface area contributed by atoms with Gasteiger partial charge in [0, 0.05) is 19.3 Å². The first-order valence-corrected chi connectivity index (χ1v) is 4.79. The molecule has 0 rings (SSSR count). The lowest BCUT2D eigenvalue weighted by Gasteiger charge is -2.18. The van der Waals surface area contributed by atoms with Crippen LogP contribution in [0.4, 0.5) is 0 Å². The molecule has 0 heterocycles. The predicted molar refractivity (Wildman–Crippen MR) is 58.2 cm³/mol. The molecule has 0 saturated heterocycles. The summed E-state index contributed by atoms with van der Waals surface area (Å²) >= 11 is 0. The van der Waals surface area contributed by atoms with E-state index in [1.807, 2.05) is 19.9 Å². The molecule has 0 aromatic rings. The van der Waals surface area contributed by atoms with Crippen molar-refractivity contribution in [1.82, 2.24) is 4.90 Å². The quantitative estimate of drug-likeness (QED) is 0.583. The molecule has 0 aliphatic rings. The molecule has 0 N–H and O–H groups in total. The predicted octanol–water partition coefficient (Wildman–Crippen LogP) is 3.44. The van der Waals surface area contributed by atoms with Gasteiger partial charge >= 0.3 is 0 Å². The van der Waals surface area contributed by atoms with Gasteiger partial charge < -0.3 is 4.90 Å². The third-order valence-electron chi connectivity index (χ3n) is 1.64. The summed E-state index contributed by atoms with van der Waals surface area (Å²) in [6, 6.07) is 0. The van der Waals surface area contributed by atoms with E-state index >= 15 is 0 Å². The molecule has 0 spiro atoms. The van der Waals surface area contributed by atoms with Crippen LogP contribution in [0.15, 0.2) is 24.4 Å². The van der Waals surface area contributed by atoms with Crippen molar-refractivity contribution in [3.05, 3.63) is 24.4 Å². The monoisotopic (exact) mass is 169 g/mol. The Hall–Kier alpha value is -0.720. The van der Waals surface area contributed by atoms with Gasteiger partial charge in [0.05, 0.1) is 0 Å². The third kappa shape index (κ3) is 6.02. The fraction of sp³-hybridized carbons (Fsp3) is 0.636. The Morgan fingerprint density at radius 2 is 1.83 bits per heavy atom. The molecule has 0 aliphatic carbocycles. The number of nitrogens with zero attached hydrogens (tertiary/aromatic N) is 1. The first-order valence-electron chi connectivity index (χ1n) is 4.79. The van der Waals surface area contributed by atoms with Crippen LogP contribution in [0, 0.1) is 0 Å². The highest BCUT2D eigenvalue weighted by atomic mass is 15.1. The minimum Gasteiger partial charge on any atom is -0.378 e. The summed E-state index contributed by atoms with van der Waals surface area (Å²) in [6.45, 7) is 13.0. The van der Waals surface area contributed by atoms with Crippen LogP contribution < -0.4 is 0 Å². The van der Waals surface area contributed by atoms with Crippen molar-refractivity contribution in [2.24, 2.45) is 0 Å². The average molecular weight is 169 g/mol. The van der Waals surface area contributed by atoms with Crippen molar-refractivity contribution in [3.63, 3.8) is 0 Å². The number of allylic oxidation sites excluding steroid dienone is 3. The molecule has 12 heavy (non-hydrogen) atoms. The second-order valence-electron chi connectivity index (χ2n) is 2.26. The molecule has 1 heteroatoms. The van der Waals surface area contributed by atoms with Gasteiger partial charge in [-0.15, -0.1) is 0 Å². The Kier molecular flexibility index (Phi) is 11.9. The molecular weight excluding hydrogens is 146 g/mol. The topological polar surface area (TPSA) is 3.24 Å². The summed E-state index contributed by atoms with van der Waals surface area (Å²) in [4.78, 5) is 2.22. The summed E-state index contributed by atoms with van der Waals surface area (Å²) < 4.78 is 0. The zero-order chi connectivity index (χ0) is 9.98. The molecule has 0 unspecified atom stereocenters. The minimum atomic E-state index is 1.06. The van der Waals surface area contributed by atoms with Crippen molar-refractivity contribution < 1.29 is 0 Å². The van der Waals surface area contributed by atoms with Gasteiger partial charge in [0.1, 0.15) is 0 Å². The molecule has 0 atom stereocenters. The van der Waals surface area contributed by atoms with Crippen molar-refractivity contribution in [2.45, 2.75) is 34.1 Å². The van der Waals surface area contributed by atoms with E-state index < -0.39 is 0 Å². The molecule has 0 saturated carbocycles. The molecule has 0 amide bonds. The van der Waals surface area contributed by atoms with E-state index in [4.69, 9.17) is 0 Å². The Morgan fingerprint density at radius 3 is 2.08 bits per heavy atom. The van der Waals surface area contributed by atoms with E-state index in [1.54, 1.807) is 0 Å². The van der Waals surface area contributed by atoms with E-state index in [2.05, 4.69) is 38.5 Å². The van der Waals surface area contributed by atoms with Gasteiger partial charge in [-0.3, -0.25) is 0 Å². The van der Waals surface area contributed by atoms with Gasteiger partial charge in [-0.2, -0.15) is 0 Å². The maximum Gasteiger partial charge on any atom is 0.0143 e. The number of rotatable bonds is 4. The third-order valence-corrected chi connectivity index (χ3v) is 1.64. The number of hydrogen-bond donors (Lipinski definition) is 0. The van der Waals surface area contributed by atoms with Gasteiger partial charge in [-0.25, -0.2) is 0 Å². The van der Waals surface area contributed by atoms with Gasteiger partial charge in [0.2, 0.25) is 0 Å². The SMILES string of the molecule is C=C/C=C(\CC)N(C)CC.CC. The normalized spacial score (nSPS) is 9.92. The van der Waals surface area contributed by atoms with E-state index in [0.29, 0.717) is 0 Å². The second-order valence-corrected chi connectivity index (χ2v) is 2.26. The summed E-state index contributed by atoms with van der Waals surface area (Å²) in [5, 5.41) is 0. The van der Waals surface area contributed by atoms with Crippen LogP contribution in [0.2, 0.25) is 0 Å². The van der Waals surface area contributed by atoms with Crippen molar-refractivity contribution in [3.8, 4) is 0 Å². The Labute approximate surface area is 77.8 Å². The molecule has 0 aromatic heterocycles. The molecule has 72 valence electrons. The summed E-state index contributed by atoms with van der Waals surface area (Å²) in [5.41, 5.74) is 1.34. The van der Waals surface area contributed by atoms with Crippen LogP contribution >= 0.6 is 0 Å². The first-order chi connectivity index (χ1) is 5.76. The smallest absolute Gasteiger partial charge is 0.0143 e. The van der Waals surface area contributed by atoms with Crippen molar-refractivity contribution in [1.29, 1.82) is 0 Å². The maximum absolute atomic E-state index is 3.66. The van der Waals surface area contributed by atoms with Crippen LogP contribution in [-0.4, -0.2) is 18.5 Å². The average Bonchev–Trinajstić information content (AvgIpc) is 2.16. The van der Waals surface area contributed by atoms with Gasteiger partial charge in [-0.1, -0.05) is 33.4 Å². The second kappa shape index (κ2) is 10.3. The van der Waals surface area contributed by atoms with Crippen LogP contribution in [0.3, 0.4) is 0 Å². The lowest BCUT2D eigenvalue weighted by atomic mass is 10.3. The zero-order valence-electron chi connectivity index (χ0n) is 9.22. The maximum atomic E-state index is 3.66. The lowest BCUT2D eigenvalue weighted by molar-refractivity contribution is 0.428.